The van der Waals surface area contributed by atoms with E-state index >= 15 is 0 Å². The number of rotatable bonds is 3. The molecule has 6 nitrogen and oxygen atoms in total. The second-order valence-electron chi connectivity index (χ2n) is 4.12. The highest BCUT2D eigenvalue weighted by Crippen LogP contribution is 2.21. The van der Waals surface area contributed by atoms with Crippen LogP contribution >= 0.6 is 11.6 Å². The van der Waals surface area contributed by atoms with Gasteiger partial charge in [-0.1, -0.05) is 11.6 Å². The zero-order chi connectivity index (χ0) is 13.1. The molecule has 18 heavy (non-hydrogen) atoms. The number of hydrogen-bond acceptors (Lipinski definition) is 4. The van der Waals surface area contributed by atoms with E-state index in [2.05, 4.69) is 10.6 Å². The van der Waals surface area contributed by atoms with Gasteiger partial charge >= 0.3 is 0 Å². The molecule has 1 atom stereocenters. The van der Waals surface area contributed by atoms with Crippen LogP contribution in [0.5, 0.6) is 0 Å². The van der Waals surface area contributed by atoms with Crippen molar-refractivity contribution >= 4 is 23.2 Å². The van der Waals surface area contributed by atoms with Crippen molar-refractivity contribution in [2.45, 2.75) is 12.5 Å². The summed E-state index contributed by atoms with van der Waals surface area (Å²) in [6.45, 7) is 1.58. The number of benzene rings is 1. The van der Waals surface area contributed by atoms with E-state index in [1.165, 1.54) is 18.2 Å². The molecule has 0 unspecified atom stereocenters. The minimum absolute atomic E-state index is 0.0653. The largest absolute Gasteiger partial charge is 0.348 e. The summed E-state index contributed by atoms with van der Waals surface area (Å²) in [5.41, 5.74) is 0.0262. The first-order valence-electron chi connectivity index (χ1n) is 5.53. The summed E-state index contributed by atoms with van der Waals surface area (Å²) in [6, 6.07) is 3.93. The molecular formula is C11H12ClN3O3. The van der Waals surface area contributed by atoms with Crippen LogP contribution in [-0.2, 0) is 0 Å². The Morgan fingerprint density at radius 2 is 2.28 bits per heavy atom. The summed E-state index contributed by atoms with van der Waals surface area (Å²) in [5, 5.41) is 16.8. The average molecular weight is 270 g/mol. The fraction of sp³-hybridized carbons (Fsp3) is 0.364. The Morgan fingerprint density at radius 1 is 1.50 bits per heavy atom. The highest BCUT2D eigenvalue weighted by molar-refractivity contribution is 6.31. The predicted molar refractivity (Wildman–Crippen MR) is 66.8 cm³/mol. The number of nitrogens with zero attached hydrogens (tertiary/aromatic N) is 1. The van der Waals surface area contributed by atoms with Crippen molar-refractivity contribution in [3.8, 4) is 0 Å². The molecule has 1 saturated heterocycles. The molecule has 1 aliphatic heterocycles. The Kier molecular flexibility index (Phi) is 3.78. The lowest BCUT2D eigenvalue weighted by atomic mass is 10.1. The lowest BCUT2D eigenvalue weighted by Gasteiger charge is -2.11. The zero-order valence-corrected chi connectivity index (χ0v) is 10.2. The number of nitro benzene ring substituents is 1. The van der Waals surface area contributed by atoms with Gasteiger partial charge in [0.2, 0.25) is 0 Å². The lowest BCUT2D eigenvalue weighted by Crippen LogP contribution is -2.36. The number of nitro groups is 1. The van der Waals surface area contributed by atoms with Gasteiger partial charge in [-0.15, -0.1) is 0 Å². The minimum atomic E-state index is -0.570. The van der Waals surface area contributed by atoms with E-state index in [4.69, 9.17) is 11.6 Å². The Morgan fingerprint density at radius 3 is 2.89 bits per heavy atom. The van der Waals surface area contributed by atoms with Gasteiger partial charge in [-0.25, -0.2) is 0 Å². The highest BCUT2D eigenvalue weighted by atomic mass is 35.5. The van der Waals surface area contributed by atoms with Crippen LogP contribution in [0.4, 0.5) is 5.69 Å². The Labute approximate surface area is 108 Å². The van der Waals surface area contributed by atoms with Crippen LogP contribution in [0.1, 0.15) is 16.8 Å². The maximum Gasteiger partial charge on any atom is 0.271 e. The highest BCUT2D eigenvalue weighted by Gasteiger charge is 2.19. The maximum atomic E-state index is 11.9. The van der Waals surface area contributed by atoms with Gasteiger partial charge in [0.05, 0.1) is 4.92 Å². The van der Waals surface area contributed by atoms with E-state index in [1.807, 2.05) is 0 Å². The zero-order valence-electron chi connectivity index (χ0n) is 9.48. The SMILES string of the molecule is O=C(N[C@H]1CCNC1)c1cc(Cl)cc([N+](=O)[O-])c1. The van der Waals surface area contributed by atoms with Crippen LogP contribution in [0, 0.1) is 10.1 Å². The number of halogens is 1. The van der Waals surface area contributed by atoms with Crippen LogP contribution in [0.3, 0.4) is 0 Å². The number of amides is 1. The lowest BCUT2D eigenvalue weighted by molar-refractivity contribution is -0.384. The van der Waals surface area contributed by atoms with Gasteiger partial charge in [0, 0.05) is 35.3 Å². The Balaban J connectivity index is 2.16. The van der Waals surface area contributed by atoms with Crippen LogP contribution in [0.25, 0.3) is 0 Å². The fourth-order valence-corrected chi connectivity index (χ4v) is 2.09. The molecule has 0 aliphatic carbocycles. The summed E-state index contributed by atoms with van der Waals surface area (Å²) in [7, 11) is 0. The van der Waals surface area contributed by atoms with Crippen LogP contribution in [0.15, 0.2) is 18.2 Å². The predicted octanol–water partition coefficient (Wildman–Crippen LogP) is 1.34. The first-order valence-corrected chi connectivity index (χ1v) is 5.90. The number of nitrogens with one attached hydrogen (secondary N) is 2. The van der Waals surface area contributed by atoms with Crippen LogP contribution in [0.2, 0.25) is 5.02 Å². The Hall–Kier alpha value is -1.66. The molecule has 0 radical (unpaired) electrons. The normalized spacial score (nSPS) is 18.6. The Bertz CT molecular complexity index is 486. The molecule has 0 spiro atoms. The smallest absolute Gasteiger partial charge is 0.271 e. The molecule has 1 fully saturated rings. The molecule has 1 heterocycles. The first-order chi connectivity index (χ1) is 8.56. The maximum absolute atomic E-state index is 11.9. The quantitative estimate of drug-likeness (QED) is 0.641. The molecule has 2 rings (SSSR count). The molecular weight excluding hydrogens is 258 g/mol. The number of hydrogen-bond donors (Lipinski definition) is 2. The minimum Gasteiger partial charge on any atom is -0.348 e. The van der Waals surface area contributed by atoms with Gasteiger partial charge in [-0.3, -0.25) is 14.9 Å². The van der Waals surface area contributed by atoms with E-state index in [1.54, 1.807) is 0 Å². The molecule has 1 amide bonds. The third kappa shape index (κ3) is 2.96. The van der Waals surface area contributed by atoms with Gasteiger partial charge in [-0.2, -0.15) is 0 Å². The summed E-state index contributed by atoms with van der Waals surface area (Å²) >= 11 is 5.76. The van der Waals surface area contributed by atoms with Gasteiger partial charge in [-0.05, 0) is 19.0 Å². The summed E-state index contributed by atoms with van der Waals surface area (Å²) < 4.78 is 0. The third-order valence-corrected chi connectivity index (χ3v) is 2.97. The van der Waals surface area contributed by atoms with Gasteiger partial charge in [0.1, 0.15) is 0 Å². The number of carbonyl (C=O) groups is 1. The molecule has 7 heteroatoms. The van der Waals surface area contributed by atoms with Crippen molar-refractivity contribution in [2.75, 3.05) is 13.1 Å². The van der Waals surface area contributed by atoms with Crippen molar-refractivity contribution in [3.05, 3.63) is 38.9 Å². The van der Waals surface area contributed by atoms with Gasteiger partial charge in [0.25, 0.3) is 11.6 Å². The van der Waals surface area contributed by atoms with Crippen molar-refractivity contribution in [2.24, 2.45) is 0 Å². The van der Waals surface area contributed by atoms with E-state index < -0.39 is 4.92 Å². The molecule has 1 aromatic rings. The monoisotopic (exact) mass is 269 g/mol. The summed E-state index contributed by atoms with van der Waals surface area (Å²) in [4.78, 5) is 22.0. The molecule has 0 bridgehead atoms. The number of non-ortho nitro benzene ring substituents is 1. The summed E-state index contributed by atoms with van der Waals surface area (Å²) in [5.74, 6) is -0.339. The van der Waals surface area contributed by atoms with E-state index in [9.17, 15) is 14.9 Å². The van der Waals surface area contributed by atoms with Crippen molar-refractivity contribution < 1.29 is 9.72 Å². The standard InChI is InChI=1S/C11H12ClN3O3/c12-8-3-7(4-10(5-8)15(17)18)11(16)14-9-1-2-13-6-9/h3-5,9,13H,1-2,6H2,(H,14,16)/t9-/m0/s1. The van der Waals surface area contributed by atoms with Gasteiger partial charge in [0.15, 0.2) is 0 Å². The topological polar surface area (TPSA) is 84.3 Å². The van der Waals surface area contributed by atoms with E-state index in [0.29, 0.717) is 6.54 Å². The van der Waals surface area contributed by atoms with Crippen molar-refractivity contribution in [1.29, 1.82) is 0 Å². The van der Waals surface area contributed by atoms with E-state index in [-0.39, 0.29) is 28.2 Å². The second-order valence-corrected chi connectivity index (χ2v) is 4.55. The third-order valence-electron chi connectivity index (χ3n) is 2.75. The first kappa shape index (κ1) is 12.8. The molecule has 0 aromatic heterocycles. The van der Waals surface area contributed by atoms with Gasteiger partial charge < -0.3 is 10.6 Å². The molecule has 1 aliphatic rings. The molecule has 1 aromatic carbocycles. The van der Waals surface area contributed by atoms with Crippen LogP contribution in [-0.4, -0.2) is 30.0 Å². The second kappa shape index (κ2) is 5.32. The van der Waals surface area contributed by atoms with Crippen molar-refractivity contribution in [3.63, 3.8) is 0 Å². The fourth-order valence-electron chi connectivity index (χ4n) is 1.86. The molecule has 0 saturated carbocycles. The van der Waals surface area contributed by atoms with Crippen molar-refractivity contribution in [1.82, 2.24) is 10.6 Å². The molecule has 2 N–H and O–H groups in total. The van der Waals surface area contributed by atoms with E-state index in [0.717, 1.165) is 13.0 Å². The average Bonchev–Trinajstić information content (AvgIpc) is 2.80. The number of carbonyl (C=O) groups excluding carboxylic acids is 1. The summed E-state index contributed by atoms with van der Waals surface area (Å²) in [6.07, 6.45) is 0.856. The van der Waals surface area contributed by atoms with Crippen LogP contribution < -0.4 is 10.6 Å². The molecule has 96 valence electrons.